The van der Waals surface area contributed by atoms with Crippen LogP contribution in [0.1, 0.15) is 30.0 Å². The number of hydrogen-bond donors (Lipinski definition) is 1. The van der Waals surface area contributed by atoms with Gasteiger partial charge in [-0.3, -0.25) is 0 Å². The molecule has 2 rings (SSSR count). The maximum absolute atomic E-state index is 3.54. The molecule has 0 aromatic heterocycles. The number of hydrogen-bond acceptors (Lipinski definition) is 1. The van der Waals surface area contributed by atoms with Crippen molar-refractivity contribution >= 4 is 15.9 Å². The van der Waals surface area contributed by atoms with Crippen LogP contribution in [0, 0.1) is 0 Å². The van der Waals surface area contributed by atoms with E-state index in [1.54, 1.807) is 0 Å². The van der Waals surface area contributed by atoms with Gasteiger partial charge in [-0.05, 0) is 49.6 Å². The molecular weight excluding hydrogens is 298 g/mol. The second-order valence-electron chi connectivity index (χ2n) is 4.77. The Balaban J connectivity index is 1.89. The molecule has 0 aliphatic rings. The molecule has 100 valence electrons. The predicted molar refractivity (Wildman–Crippen MR) is 85.3 cm³/mol. The molecule has 19 heavy (non-hydrogen) atoms. The third-order valence-corrected chi connectivity index (χ3v) is 3.89. The summed E-state index contributed by atoms with van der Waals surface area (Å²) in [7, 11) is 2.04. The number of aryl methyl sites for hydroxylation is 1. The highest BCUT2D eigenvalue weighted by Crippen LogP contribution is 2.22. The Bertz CT molecular complexity index is 496. The van der Waals surface area contributed by atoms with Crippen LogP contribution in [0.25, 0.3) is 0 Å². The summed E-state index contributed by atoms with van der Waals surface area (Å²) in [6, 6.07) is 19.7. The van der Waals surface area contributed by atoms with Gasteiger partial charge in [0.05, 0.1) is 0 Å². The van der Waals surface area contributed by atoms with E-state index in [9.17, 15) is 0 Å². The average Bonchev–Trinajstić information content (AvgIpc) is 2.45. The van der Waals surface area contributed by atoms with Crippen LogP contribution in [0.5, 0.6) is 0 Å². The van der Waals surface area contributed by atoms with E-state index in [0.29, 0.717) is 6.04 Å². The van der Waals surface area contributed by atoms with Gasteiger partial charge in [-0.25, -0.2) is 0 Å². The Morgan fingerprint density at radius 2 is 1.84 bits per heavy atom. The van der Waals surface area contributed by atoms with Gasteiger partial charge in [0.2, 0.25) is 0 Å². The second-order valence-corrected chi connectivity index (χ2v) is 5.69. The average molecular weight is 318 g/mol. The first kappa shape index (κ1) is 14.3. The maximum atomic E-state index is 3.54. The van der Waals surface area contributed by atoms with Gasteiger partial charge in [0.15, 0.2) is 0 Å². The molecule has 2 aromatic rings. The first-order valence-corrected chi connectivity index (χ1v) is 7.55. The lowest BCUT2D eigenvalue weighted by molar-refractivity contribution is 0.527. The van der Waals surface area contributed by atoms with Gasteiger partial charge < -0.3 is 5.32 Å². The van der Waals surface area contributed by atoms with E-state index in [2.05, 4.69) is 75.8 Å². The summed E-state index contributed by atoms with van der Waals surface area (Å²) in [6.07, 6.45) is 3.50. The van der Waals surface area contributed by atoms with Crippen molar-refractivity contribution in [3.05, 3.63) is 70.2 Å². The Labute approximate surface area is 124 Å². The standard InChI is InChI=1S/C17H20BrN/c1-19-17(15-10-6-11-16(18)13-15)12-5-9-14-7-3-2-4-8-14/h2-4,6-8,10-11,13,17,19H,5,9,12H2,1H3. The molecule has 1 nitrogen and oxygen atoms in total. The minimum absolute atomic E-state index is 0.432. The summed E-state index contributed by atoms with van der Waals surface area (Å²) in [5.41, 5.74) is 2.77. The SMILES string of the molecule is CNC(CCCc1ccccc1)c1cccc(Br)c1. The predicted octanol–water partition coefficient (Wildman–Crippen LogP) is 4.73. The highest BCUT2D eigenvalue weighted by atomic mass is 79.9. The molecule has 1 unspecified atom stereocenters. The molecule has 2 aromatic carbocycles. The topological polar surface area (TPSA) is 12.0 Å². The van der Waals surface area contributed by atoms with Crippen LogP contribution in [0.4, 0.5) is 0 Å². The molecule has 0 fully saturated rings. The van der Waals surface area contributed by atoms with E-state index in [-0.39, 0.29) is 0 Å². The van der Waals surface area contributed by atoms with Crippen molar-refractivity contribution in [3.63, 3.8) is 0 Å². The molecule has 1 N–H and O–H groups in total. The van der Waals surface area contributed by atoms with E-state index >= 15 is 0 Å². The Morgan fingerprint density at radius 3 is 2.53 bits per heavy atom. The van der Waals surface area contributed by atoms with E-state index in [1.165, 1.54) is 17.5 Å². The van der Waals surface area contributed by atoms with E-state index < -0.39 is 0 Å². The van der Waals surface area contributed by atoms with Crippen LogP contribution in [-0.4, -0.2) is 7.05 Å². The largest absolute Gasteiger partial charge is 0.313 e. The third-order valence-electron chi connectivity index (χ3n) is 3.40. The molecule has 1 atom stereocenters. The third kappa shape index (κ3) is 4.48. The van der Waals surface area contributed by atoms with Gasteiger partial charge in [-0.15, -0.1) is 0 Å². The van der Waals surface area contributed by atoms with Crippen molar-refractivity contribution in [2.75, 3.05) is 7.05 Å². The minimum Gasteiger partial charge on any atom is -0.313 e. The van der Waals surface area contributed by atoms with E-state index in [0.717, 1.165) is 17.3 Å². The van der Waals surface area contributed by atoms with Gasteiger partial charge in [-0.2, -0.15) is 0 Å². The van der Waals surface area contributed by atoms with Crippen molar-refractivity contribution in [1.29, 1.82) is 0 Å². The van der Waals surface area contributed by atoms with Crippen molar-refractivity contribution in [2.45, 2.75) is 25.3 Å². The quantitative estimate of drug-likeness (QED) is 0.812. The molecule has 0 aliphatic heterocycles. The van der Waals surface area contributed by atoms with Crippen molar-refractivity contribution in [1.82, 2.24) is 5.32 Å². The van der Waals surface area contributed by atoms with Crippen LogP contribution < -0.4 is 5.32 Å². The number of benzene rings is 2. The van der Waals surface area contributed by atoms with Crippen LogP contribution in [0.15, 0.2) is 59.1 Å². The fourth-order valence-electron chi connectivity index (χ4n) is 2.36. The second kappa shape index (κ2) is 7.46. The summed E-state index contributed by atoms with van der Waals surface area (Å²) >= 11 is 3.54. The fourth-order valence-corrected chi connectivity index (χ4v) is 2.77. The molecule has 0 spiro atoms. The van der Waals surface area contributed by atoms with Crippen LogP contribution >= 0.6 is 15.9 Å². The fraction of sp³-hybridized carbons (Fsp3) is 0.294. The molecule has 0 radical (unpaired) electrons. The number of halogens is 1. The van der Waals surface area contributed by atoms with Crippen molar-refractivity contribution in [3.8, 4) is 0 Å². The number of nitrogens with one attached hydrogen (secondary N) is 1. The van der Waals surface area contributed by atoms with Crippen LogP contribution in [0.2, 0.25) is 0 Å². The number of rotatable bonds is 6. The monoisotopic (exact) mass is 317 g/mol. The van der Waals surface area contributed by atoms with Gasteiger partial charge in [-0.1, -0.05) is 58.4 Å². The smallest absolute Gasteiger partial charge is 0.0318 e. The van der Waals surface area contributed by atoms with Gasteiger partial charge in [0, 0.05) is 10.5 Å². The van der Waals surface area contributed by atoms with Crippen LogP contribution in [0.3, 0.4) is 0 Å². The summed E-state index contributed by atoms with van der Waals surface area (Å²) in [5, 5.41) is 3.41. The Hall–Kier alpha value is -1.12. The zero-order chi connectivity index (χ0) is 13.5. The summed E-state index contributed by atoms with van der Waals surface area (Å²) in [4.78, 5) is 0. The molecule has 0 aliphatic carbocycles. The van der Waals surface area contributed by atoms with Gasteiger partial charge in [0.1, 0.15) is 0 Å². The Kier molecular flexibility index (Phi) is 5.62. The minimum atomic E-state index is 0.432. The lowest BCUT2D eigenvalue weighted by atomic mass is 9.99. The molecule has 0 saturated heterocycles. The van der Waals surface area contributed by atoms with Crippen molar-refractivity contribution in [2.24, 2.45) is 0 Å². The van der Waals surface area contributed by atoms with Crippen molar-refractivity contribution < 1.29 is 0 Å². The highest BCUT2D eigenvalue weighted by Gasteiger charge is 2.08. The molecule has 0 amide bonds. The van der Waals surface area contributed by atoms with Gasteiger partial charge >= 0.3 is 0 Å². The highest BCUT2D eigenvalue weighted by molar-refractivity contribution is 9.10. The maximum Gasteiger partial charge on any atom is 0.0318 e. The molecule has 0 bridgehead atoms. The summed E-state index contributed by atoms with van der Waals surface area (Å²) in [5.74, 6) is 0. The first-order chi connectivity index (χ1) is 9.29. The van der Waals surface area contributed by atoms with E-state index in [4.69, 9.17) is 0 Å². The summed E-state index contributed by atoms with van der Waals surface area (Å²) in [6.45, 7) is 0. The van der Waals surface area contributed by atoms with Gasteiger partial charge in [0.25, 0.3) is 0 Å². The molecule has 2 heteroatoms. The lowest BCUT2D eigenvalue weighted by Gasteiger charge is -2.17. The molecule has 0 heterocycles. The first-order valence-electron chi connectivity index (χ1n) is 6.76. The molecular formula is C17H20BrN. The zero-order valence-corrected chi connectivity index (χ0v) is 12.9. The van der Waals surface area contributed by atoms with Crippen LogP contribution in [-0.2, 0) is 6.42 Å². The normalized spacial score (nSPS) is 12.3. The van der Waals surface area contributed by atoms with E-state index in [1.807, 2.05) is 7.05 Å². The zero-order valence-electron chi connectivity index (χ0n) is 11.3. The summed E-state index contributed by atoms with van der Waals surface area (Å²) < 4.78 is 1.15. The Morgan fingerprint density at radius 1 is 1.05 bits per heavy atom. The lowest BCUT2D eigenvalue weighted by Crippen LogP contribution is -2.16. The molecule has 0 saturated carbocycles.